The van der Waals surface area contributed by atoms with Gasteiger partial charge in [0.25, 0.3) is 0 Å². The lowest BCUT2D eigenvalue weighted by atomic mass is 9.81. The van der Waals surface area contributed by atoms with E-state index in [0.29, 0.717) is 19.4 Å². The van der Waals surface area contributed by atoms with Gasteiger partial charge >= 0.3 is 5.97 Å². The molecule has 0 saturated heterocycles. The summed E-state index contributed by atoms with van der Waals surface area (Å²) in [7, 11) is 0. The Bertz CT molecular complexity index is 401. The summed E-state index contributed by atoms with van der Waals surface area (Å²) >= 11 is 0. The maximum Gasteiger partial charge on any atom is 0.307 e. The summed E-state index contributed by atoms with van der Waals surface area (Å²) in [4.78, 5) is 25.9. The van der Waals surface area contributed by atoms with Crippen molar-refractivity contribution < 1.29 is 19.8 Å². The quantitative estimate of drug-likeness (QED) is 0.758. The van der Waals surface area contributed by atoms with Crippen molar-refractivity contribution >= 4 is 11.9 Å². The minimum atomic E-state index is -0.898. The average molecular weight is 295 g/mol. The van der Waals surface area contributed by atoms with Crippen molar-refractivity contribution in [1.82, 2.24) is 4.90 Å². The zero-order chi connectivity index (χ0) is 15.2. The molecule has 0 aromatic carbocycles. The molecule has 0 aliphatic heterocycles. The predicted octanol–water partition coefficient (Wildman–Crippen LogP) is 1.81. The number of amides is 1. The van der Waals surface area contributed by atoms with Crippen LogP contribution in [-0.4, -0.2) is 46.2 Å². The Morgan fingerprint density at radius 3 is 2.24 bits per heavy atom. The molecular formula is C16H25NO4. The number of hydrogen-bond acceptors (Lipinski definition) is 3. The Morgan fingerprint density at radius 1 is 1.05 bits per heavy atom. The van der Waals surface area contributed by atoms with Crippen LogP contribution in [0.1, 0.15) is 44.9 Å². The average Bonchev–Trinajstić information content (AvgIpc) is 2.52. The molecule has 0 bridgehead atoms. The van der Waals surface area contributed by atoms with Gasteiger partial charge in [-0.1, -0.05) is 31.4 Å². The maximum absolute atomic E-state index is 12.8. The Morgan fingerprint density at radius 2 is 1.67 bits per heavy atom. The Kier molecular flexibility index (Phi) is 5.79. The molecule has 1 saturated carbocycles. The number of aliphatic carboxylic acids is 1. The molecule has 1 fully saturated rings. The monoisotopic (exact) mass is 295 g/mol. The van der Waals surface area contributed by atoms with Crippen LogP contribution in [0.4, 0.5) is 0 Å². The number of rotatable bonds is 5. The van der Waals surface area contributed by atoms with Gasteiger partial charge in [-0.15, -0.1) is 0 Å². The van der Waals surface area contributed by atoms with Gasteiger partial charge in [0, 0.05) is 12.6 Å². The largest absolute Gasteiger partial charge is 0.481 e. The molecule has 1 amide bonds. The fourth-order valence-electron chi connectivity index (χ4n) is 3.55. The number of carbonyl (C=O) groups is 2. The molecule has 2 aliphatic carbocycles. The minimum Gasteiger partial charge on any atom is -0.481 e. The van der Waals surface area contributed by atoms with E-state index < -0.39 is 17.8 Å². The summed E-state index contributed by atoms with van der Waals surface area (Å²) in [6.07, 6.45) is 9.99. The minimum absolute atomic E-state index is 0.0669. The molecule has 0 aromatic heterocycles. The molecule has 0 radical (unpaired) electrons. The highest BCUT2D eigenvalue weighted by molar-refractivity contribution is 5.85. The van der Waals surface area contributed by atoms with Gasteiger partial charge < -0.3 is 15.1 Å². The topological polar surface area (TPSA) is 77.8 Å². The molecule has 118 valence electrons. The standard InChI is InChI=1S/C16H25NO4/c18-11-10-17(12-6-2-1-3-7-12)15(19)13-8-4-5-9-14(13)16(20)21/h4-5,12-14,18H,1-3,6-11H2,(H,20,21). The molecule has 5 nitrogen and oxygen atoms in total. The first kappa shape index (κ1) is 16.0. The first-order chi connectivity index (χ1) is 10.1. The van der Waals surface area contributed by atoms with Gasteiger partial charge in [-0.3, -0.25) is 9.59 Å². The number of carbonyl (C=O) groups excluding carboxylic acids is 1. The number of nitrogens with zero attached hydrogens (tertiary/aromatic N) is 1. The van der Waals surface area contributed by atoms with E-state index in [2.05, 4.69) is 0 Å². The summed E-state index contributed by atoms with van der Waals surface area (Å²) in [6.45, 7) is 0.249. The number of carboxylic acids is 1. The highest BCUT2D eigenvalue weighted by Crippen LogP contribution is 2.30. The van der Waals surface area contributed by atoms with Crippen molar-refractivity contribution in [2.45, 2.75) is 51.0 Å². The molecule has 2 atom stereocenters. The van der Waals surface area contributed by atoms with Crippen LogP contribution in [0.25, 0.3) is 0 Å². The highest BCUT2D eigenvalue weighted by Gasteiger charge is 2.38. The zero-order valence-corrected chi connectivity index (χ0v) is 12.4. The Hall–Kier alpha value is -1.36. The molecule has 2 rings (SSSR count). The smallest absolute Gasteiger partial charge is 0.307 e. The summed E-state index contributed by atoms with van der Waals surface area (Å²) in [5, 5.41) is 18.6. The lowest BCUT2D eigenvalue weighted by molar-refractivity contribution is -0.152. The van der Waals surface area contributed by atoms with E-state index in [-0.39, 0.29) is 18.6 Å². The summed E-state index contributed by atoms with van der Waals surface area (Å²) in [5.74, 6) is -2.11. The maximum atomic E-state index is 12.8. The van der Waals surface area contributed by atoms with Crippen LogP contribution in [0.2, 0.25) is 0 Å². The van der Waals surface area contributed by atoms with E-state index in [4.69, 9.17) is 0 Å². The van der Waals surface area contributed by atoms with Crippen molar-refractivity contribution in [2.75, 3.05) is 13.2 Å². The van der Waals surface area contributed by atoms with E-state index in [1.54, 1.807) is 4.90 Å². The van der Waals surface area contributed by atoms with E-state index >= 15 is 0 Å². The fraction of sp³-hybridized carbons (Fsp3) is 0.750. The van der Waals surface area contributed by atoms with Crippen LogP contribution in [0, 0.1) is 11.8 Å². The third-order valence-corrected chi connectivity index (χ3v) is 4.71. The number of carboxylic acid groups (broad SMARTS) is 1. The van der Waals surface area contributed by atoms with Gasteiger partial charge in [0.15, 0.2) is 0 Å². The third-order valence-electron chi connectivity index (χ3n) is 4.71. The van der Waals surface area contributed by atoms with Crippen LogP contribution >= 0.6 is 0 Å². The van der Waals surface area contributed by atoms with Gasteiger partial charge in [-0.25, -0.2) is 0 Å². The van der Waals surface area contributed by atoms with Gasteiger partial charge in [-0.2, -0.15) is 0 Å². The molecule has 0 spiro atoms. The van der Waals surface area contributed by atoms with E-state index in [1.807, 2.05) is 12.2 Å². The molecule has 0 heterocycles. The van der Waals surface area contributed by atoms with E-state index in [0.717, 1.165) is 25.7 Å². The van der Waals surface area contributed by atoms with Crippen LogP contribution in [0.15, 0.2) is 12.2 Å². The molecule has 0 aromatic rings. The lowest BCUT2D eigenvalue weighted by Crippen LogP contribution is -2.48. The molecule has 2 unspecified atom stereocenters. The molecule has 21 heavy (non-hydrogen) atoms. The van der Waals surface area contributed by atoms with Crippen LogP contribution in [0.3, 0.4) is 0 Å². The van der Waals surface area contributed by atoms with Crippen LogP contribution in [0.5, 0.6) is 0 Å². The second kappa shape index (κ2) is 7.59. The predicted molar refractivity (Wildman–Crippen MR) is 78.7 cm³/mol. The van der Waals surface area contributed by atoms with Gasteiger partial charge in [-0.05, 0) is 25.7 Å². The third kappa shape index (κ3) is 3.84. The van der Waals surface area contributed by atoms with Crippen molar-refractivity contribution in [3.63, 3.8) is 0 Å². The molecule has 2 N–H and O–H groups in total. The van der Waals surface area contributed by atoms with Crippen molar-refractivity contribution in [2.24, 2.45) is 11.8 Å². The number of hydrogen-bond donors (Lipinski definition) is 2. The normalized spacial score (nSPS) is 26.5. The van der Waals surface area contributed by atoms with Crippen LogP contribution in [-0.2, 0) is 9.59 Å². The Balaban J connectivity index is 2.12. The number of aliphatic hydroxyl groups is 1. The van der Waals surface area contributed by atoms with Gasteiger partial charge in [0.05, 0.1) is 18.4 Å². The summed E-state index contributed by atoms with van der Waals surface area (Å²) in [6, 6.07) is 0.166. The molecule has 5 heteroatoms. The lowest BCUT2D eigenvalue weighted by Gasteiger charge is -2.37. The van der Waals surface area contributed by atoms with Gasteiger partial charge in [0.2, 0.25) is 5.91 Å². The summed E-state index contributed by atoms with van der Waals surface area (Å²) in [5.41, 5.74) is 0. The van der Waals surface area contributed by atoms with Crippen molar-refractivity contribution in [3.8, 4) is 0 Å². The van der Waals surface area contributed by atoms with Crippen molar-refractivity contribution in [3.05, 3.63) is 12.2 Å². The van der Waals surface area contributed by atoms with E-state index in [1.165, 1.54) is 6.42 Å². The fourth-order valence-corrected chi connectivity index (χ4v) is 3.55. The zero-order valence-electron chi connectivity index (χ0n) is 12.4. The first-order valence-corrected chi connectivity index (χ1v) is 7.94. The second-order valence-electron chi connectivity index (χ2n) is 6.04. The first-order valence-electron chi connectivity index (χ1n) is 7.94. The number of allylic oxidation sites excluding steroid dienone is 2. The second-order valence-corrected chi connectivity index (χ2v) is 6.04. The van der Waals surface area contributed by atoms with Gasteiger partial charge in [0.1, 0.15) is 0 Å². The number of aliphatic hydroxyl groups excluding tert-OH is 1. The summed E-state index contributed by atoms with van der Waals surface area (Å²) < 4.78 is 0. The molecular weight excluding hydrogens is 270 g/mol. The van der Waals surface area contributed by atoms with Crippen LogP contribution < -0.4 is 0 Å². The highest BCUT2D eigenvalue weighted by atomic mass is 16.4. The SMILES string of the molecule is O=C(O)C1CC=CCC1C(=O)N(CCO)C1CCCCC1. The molecule has 2 aliphatic rings. The van der Waals surface area contributed by atoms with Crippen molar-refractivity contribution in [1.29, 1.82) is 0 Å². The Labute approximate surface area is 125 Å². The van der Waals surface area contributed by atoms with E-state index in [9.17, 15) is 19.8 Å².